The lowest BCUT2D eigenvalue weighted by Gasteiger charge is -2.01. The van der Waals surface area contributed by atoms with Crippen LogP contribution in [0.15, 0.2) is 18.2 Å². The standard InChI is InChI=1S/C14H16ClFN2S/c1-3-7-17-8-12-9(2)18-14(19-12)13-10(15)5-4-6-11(13)16/h4-6,17H,3,7-8H2,1-2H3. The van der Waals surface area contributed by atoms with E-state index in [0.29, 0.717) is 15.6 Å². The van der Waals surface area contributed by atoms with Crippen LogP contribution in [0, 0.1) is 12.7 Å². The average Bonchev–Trinajstić information content (AvgIpc) is 2.71. The summed E-state index contributed by atoms with van der Waals surface area (Å²) >= 11 is 7.56. The van der Waals surface area contributed by atoms with Crippen LogP contribution in [0.2, 0.25) is 5.02 Å². The van der Waals surface area contributed by atoms with Gasteiger partial charge in [0.25, 0.3) is 0 Å². The van der Waals surface area contributed by atoms with Crippen LogP contribution in [0.4, 0.5) is 4.39 Å². The van der Waals surface area contributed by atoms with Crippen LogP contribution < -0.4 is 5.32 Å². The monoisotopic (exact) mass is 298 g/mol. The van der Waals surface area contributed by atoms with E-state index in [2.05, 4.69) is 17.2 Å². The quantitative estimate of drug-likeness (QED) is 0.827. The highest BCUT2D eigenvalue weighted by Crippen LogP contribution is 2.34. The lowest BCUT2D eigenvalue weighted by Crippen LogP contribution is -2.13. The highest BCUT2D eigenvalue weighted by molar-refractivity contribution is 7.15. The van der Waals surface area contributed by atoms with Gasteiger partial charge < -0.3 is 5.32 Å². The van der Waals surface area contributed by atoms with E-state index in [4.69, 9.17) is 11.6 Å². The molecule has 0 radical (unpaired) electrons. The van der Waals surface area contributed by atoms with E-state index in [1.165, 1.54) is 17.4 Å². The maximum absolute atomic E-state index is 13.9. The third-order valence-electron chi connectivity index (χ3n) is 2.78. The minimum Gasteiger partial charge on any atom is -0.312 e. The van der Waals surface area contributed by atoms with Gasteiger partial charge in [-0.3, -0.25) is 0 Å². The van der Waals surface area contributed by atoms with Gasteiger partial charge in [-0.05, 0) is 32.0 Å². The Morgan fingerprint density at radius 1 is 1.42 bits per heavy atom. The highest BCUT2D eigenvalue weighted by atomic mass is 35.5. The van der Waals surface area contributed by atoms with Crippen molar-refractivity contribution in [2.24, 2.45) is 0 Å². The largest absolute Gasteiger partial charge is 0.312 e. The van der Waals surface area contributed by atoms with Gasteiger partial charge in [-0.2, -0.15) is 0 Å². The van der Waals surface area contributed by atoms with Crippen molar-refractivity contribution in [2.45, 2.75) is 26.8 Å². The number of halogens is 2. The molecule has 0 bridgehead atoms. The predicted octanol–water partition coefficient (Wildman–Crippen LogP) is 4.41. The summed E-state index contributed by atoms with van der Waals surface area (Å²) in [4.78, 5) is 5.56. The molecule has 0 spiro atoms. The van der Waals surface area contributed by atoms with Crippen molar-refractivity contribution < 1.29 is 4.39 Å². The third kappa shape index (κ3) is 3.32. The van der Waals surface area contributed by atoms with E-state index < -0.39 is 0 Å². The minimum atomic E-state index is -0.325. The summed E-state index contributed by atoms with van der Waals surface area (Å²) in [5, 5.41) is 4.38. The summed E-state index contributed by atoms with van der Waals surface area (Å²) in [5.74, 6) is -0.325. The molecule has 0 unspecified atom stereocenters. The molecule has 19 heavy (non-hydrogen) atoms. The van der Waals surface area contributed by atoms with Crippen molar-refractivity contribution >= 4 is 22.9 Å². The number of rotatable bonds is 5. The van der Waals surface area contributed by atoms with Crippen molar-refractivity contribution in [1.82, 2.24) is 10.3 Å². The molecule has 0 aliphatic carbocycles. The van der Waals surface area contributed by atoms with Gasteiger partial charge in [-0.15, -0.1) is 11.3 Å². The SMILES string of the molecule is CCCNCc1sc(-c2c(F)cccc2Cl)nc1C. The molecule has 1 N–H and O–H groups in total. The highest BCUT2D eigenvalue weighted by Gasteiger charge is 2.15. The van der Waals surface area contributed by atoms with Crippen LogP contribution in [-0.4, -0.2) is 11.5 Å². The number of thiazole rings is 1. The third-order valence-corrected chi connectivity index (χ3v) is 4.27. The Bertz CT molecular complexity index is 548. The van der Waals surface area contributed by atoms with Crippen LogP contribution in [0.3, 0.4) is 0 Å². The molecule has 2 aromatic rings. The van der Waals surface area contributed by atoms with Crippen LogP contribution in [0.1, 0.15) is 23.9 Å². The number of nitrogens with zero attached hydrogens (tertiary/aromatic N) is 1. The molecular formula is C14H16ClFN2S. The molecule has 0 saturated carbocycles. The number of benzene rings is 1. The Labute approximate surface area is 121 Å². The van der Waals surface area contributed by atoms with Gasteiger partial charge in [0.05, 0.1) is 16.3 Å². The van der Waals surface area contributed by atoms with Crippen LogP contribution in [0.5, 0.6) is 0 Å². The molecule has 1 aromatic heterocycles. The van der Waals surface area contributed by atoms with E-state index in [9.17, 15) is 4.39 Å². The summed E-state index contributed by atoms with van der Waals surface area (Å²) < 4.78 is 13.9. The van der Waals surface area contributed by atoms with Gasteiger partial charge in [0.1, 0.15) is 10.8 Å². The second-order valence-electron chi connectivity index (χ2n) is 4.30. The summed E-state index contributed by atoms with van der Waals surface area (Å²) in [6, 6.07) is 4.70. The number of hydrogen-bond donors (Lipinski definition) is 1. The maximum Gasteiger partial charge on any atom is 0.134 e. The summed E-state index contributed by atoms with van der Waals surface area (Å²) in [6.45, 7) is 5.80. The van der Waals surface area contributed by atoms with Crippen molar-refractivity contribution in [3.63, 3.8) is 0 Å². The molecule has 0 aliphatic rings. The second-order valence-corrected chi connectivity index (χ2v) is 5.79. The Morgan fingerprint density at radius 2 is 2.21 bits per heavy atom. The summed E-state index contributed by atoms with van der Waals surface area (Å²) in [7, 11) is 0. The first-order chi connectivity index (χ1) is 9.13. The Morgan fingerprint density at radius 3 is 2.89 bits per heavy atom. The molecule has 102 valence electrons. The molecule has 5 heteroatoms. The van der Waals surface area contributed by atoms with E-state index in [-0.39, 0.29) is 5.82 Å². The lowest BCUT2D eigenvalue weighted by molar-refractivity contribution is 0.631. The predicted molar refractivity (Wildman–Crippen MR) is 79.3 cm³/mol. The van der Waals surface area contributed by atoms with Crippen LogP contribution in [-0.2, 0) is 6.54 Å². The fourth-order valence-corrected chi connectivity index (χ4v) is 3.18. The number of hydrogen-bond acceptors (Lipinski definition) is 3. The molecule has 0 aliphatic heterocycles. The molecule has 1 heterocycles. The molecule has 2 nitrogen and oxygen atoms in total. The van der Waals surface area contributed by atoms with Crippen molar-refractivity contribution in [2.75, 3.05) is 6.54 Å². The van der Waals surface area contributed by atoms with Gasteiger partial charge in [-0.1, -0.05) is 24.6 Å². The zero-order valence-electron chi connectivity index (χ0n) is 11.0. The topological polar surface area (TPSA) is 24.9 Å². The Kier molecular flexibility index (Phi) is 4.91. The second kappa shape index (κ2) is 6.46. The van der Waals surface area contributed by atoms with Crippen LogP contribution in [0.25, 0.3) is 10.6 Å². The first-order valence-electron chi connectivity index (χ1n) is 6.25. The molecule has 0 atom stereocenters. The van der Waals surface area contributed by atoms with Gasteiger partial charge in [0.15, 0.2) is 0 Å². The summed E-state index contributed by atoms with van der Waals surface area (Å²) in [5.41, 5.74) is 1.34. The zero-order chi connectivity index (χ0) is 13.8. The lowest BCUT2D eigenvalue weighted by atomic mass is 10.2. The van der Waals surface area contributed by atoms with Crippen molar-refractivity contribution in [3.05, 3.63) is 39.6 Å². The van der Waals surface area contributed by atoms with E-state index in [0.717, 1.165) is 30.1 Å². The van der Waals surface area contributed by atoms with E-state index in [1.807, 2.05) is 6.92 Å². The minimum absolute atomic E-state index is 0.325. The smallest absolute Gasteiger partial charge is 0.134 e. The molecule has 0 amide bonds. The Balaban J connectivity index is 2.29. The van der Waals surface area contributed by atoms with Crippen molar-refractivity contribution in [1.29, 1.82) is 0 Å². The van der Waals surface area contributed by atoms with E-state index in [1.54, 1.807) is 12.1 Å². The average molecular weight is 299 g/mol. The number of aryl methyl sites for hydroxylation is 1. The first kappa shape index (κ1) is 14.4. The normalized spacial score (nSPS) is 10.9. The van der Waals surface area contributed by atoms with Gasteiger partial charge >= 0.3 is 0 Å². The van der Waals surface area contributed by atoms with Crippen molar-refractivity contribution in [3.8, 4) is 10.6 Å². The van der Waals surface area contributed by atoms with E-state index >= 15 is 0 Å². The van der Waals surface area contributed by atoms with Gasteiger partial charge in [0, 0.05) is 11.4 Å². The maximum atomic E-state index is 13.9. The zero-order valence-corrected chi connectivity index (χ0v) is 12.5. The molecule has 2 rings (SSSR count). The van der Waals surface area contributed by atoms with Gasteiger partial charge in [-0.25, -0.2) is 9.37 Å². The molecule has 0 saturated heterocycles. The number of aromatic nitrogens is 1. The first-order valence-corrected chi connectivity index (χ1v) is 7.44. The fraction of sp³-hybridized carbons (Fsp3) is 0.357. The molecular weight excluding hydrogens is 283 g/mol. The number of nitrogens with one attached hydrogen (secondary N) is 1. The molecule has 0 fully saturated rings. The van der Waals surface area contributed by atoms with Gasteiger partial charge in [0.2, 0.25) is 0 Å². The van der Waals surface area contributed by atoms with Crippen LogP contribution >= 0.6 is 22.9 Å². The fourth-order valence-electron chi connectivity index (χ4n) is 1.78. The Hall–Kier alpha value is -0.970. The molecule has 1 aromatic carbocycles. The summed E-state index contributed by atoms with van der Waals surface area (Å²) in [6.07, 6.45) is 1.09.